The van der Waals surface area contributed by atoms with Gasteiger partial charge >= 0.3 is 6.18 Å². The van der Waals surface area contributed by atoms with E-state index in [1.165, 1.54) is 17.2 Å². The van der Waals surface area contributed by atoms with Crippen LogP contribution in [0.4, 0.5) is 13.2 Å². The van der Waals surface area contributed by atoms with Gasteiger partial charge in [-0.05, 0) is 34.7 Å². The second-order valence-electron chi connectivity index (χ2n) is 6.73. The van der Waals surface area contributed by atoms with Crippen molar-refractivity contribution < 1.29 is 18.0 Å². The van der Waals surface area contributed by atoms with Crippen LogP contribution in [0.5, 0.6) is 0 Å². The van der Waals surface area contributed by atoms with Gasteiger partial charge in [0.1, 0.15) is 0 Å². The van der Waals surface area contributed by atoms with Gasteiger partial charge in [0.2, 0.25) is 5.91 Å². The normalized spacial score (nSPS) is 14.2. The Labute approximate surface area is 162 Å². The Morgan fingerprint density at radius 1 is 1.11 bits per heavy atom. The summed E-state index contributed by atoms with van der Waals surface area (Å²) in [6.45, 7) is 3.85. The monoisotopic (exact) mass is 398 g/mol. The minimum atomic E-state index is -4.37. The average molecular weight is 399 g/mol. The second-order valence-corrected chi connectivity index (χ2v) is 6.73. The molecule has 2 N–H and O–H groups in total. The number of carbonyl (C=O) groups is 1. The highest BCUT2D eigenvalue weighted by molar-refractivity contribution is 5.85. The van der Waals surface area contributed by atoms with Crippen LogP contribution < -0.4 is 10.6 Å². The molecule has 3 rings (SSSR count). The first-order valence-corrected chi connectivity index (χ1v) is 8.58. The van der Waals surface area contributed by atoms with Crippen molar-refractivity contribution in [2.75, 3.05) is 0 Å². The molecule has 0 aromatic heterocycles. The number of carbonyl (C=O) groups excluding carboxylic acids is 1. The first kappa shape index (κ1) is 21.3. The zero-order valence-electron chi connectivity index (χ0n) is 14.9. The van der Waals surface area contributed by atoms with E-state index in [9.17, 15) is 18.0 Å². The lowest BCUT2D eigenvalue weighted by atomic mass is 9.98. The molecular formula is C20H22ClF3N2O. The third kappa shape index (κ3) is 5.47. The molecule has 0 saturated heterocycles. The van der Waals surface area contributed by atoms with E-state index in [-0.39, 0.29) is 24.7 Å². The van der Waals surface area contributed by atoms with Gasteiger partial charge in [-0.2, -0.15) is 13.2 Å². The van der Waals surface area contributed by atoms with Crippen molar-refractivity contribution >= 4 is 18.3 Å². The molecule has 0 fully saturated rings. The number of benzene rings is 2. The second kappa shape index (κ2) is 8.76. The van der Waals surface area contributed by atoms with Gasteiger partial charge in [0.05, 0.1) is 5.56 Å². The molecule has 2 aromatic rings. The Balaban J connectivity index is 0.00000261. The summed E-state index contributed by atoms with van der Waals surface area (Å²) in [5, 5.41) is 6.15. The van der Waals surface area contributed by atoms with E-state index in [2.05, 4.69) is 22.8 Å². The highest BCUT2D eigenvalue weighted by Gasteiger charge is 2.30. The molecule has 1 amide bonds. The first-order valence-electron chi connectivity index (χ1n) is 8.58. The number of alkyl halides is 3. The van der Waals surface area contributed by atoms with Crippen molar-refractivity contribution in [1.29, 1.82) is 0 Å². The maximum atomic E-state index is 12.8. The molecule has 27 heavy (non-hydrogen) atoms. The van der Waals surface area contributed by atoms with Gasteiger partial charge in [-0.15, -0.1) is 12.4 Å². The fourth-order valence-corrected chi connectivity index (χ4v) is 3.14. The molecule has 2 aromatic carbocycles. The molecule has 0 saturated carbocycles. The maximum absolute atomic E-state index is 12.8. The van der Waals surface area contributed by atoms with Gasteiger partial charge < -0.3 is 10.6 Å². The summed E-state index contributed by atoms with van der Waals surface area (Å²) in [7, 11) is 0. The number of halogens is 4. The molecule has 7 heteroatoms. The summed E-state index contributed by atoms with van der Waals surface area (Å²) < 4.78 is 38.3. The van der Waals surface area contributed by atoms with Crippen LogP contribution in [0.15, 0.2) is 42.5 Å². The lowest BCUT2D eigenvalue weighted by Crippen LogP contribution is -2.30. The zero-order valence-corrected chi connectivity index (χ0v) is 15.7. The van der Waals surface area contributed by atoms with Gasteiger partial charge in [-0.25, -0.2) is 0 Å². The standard InChI is InChI=1S/C20H21F3N2O.ClH/c1-13(7-14-3-2-4-18(9-14)20(21,22)23)19(26)25-10-15-5-6-16-11-24-12-17(16)8-15;/h2-6,8-9,13,24H,7,10-12H2,1H3,(H,25,26);1H. The quantitative estimate of drug-likeness (QED) is 0.791. The molecule has 0 radical (unpaired) electrons. The maximum Gasteiger partial charge on any atom is 0.416 e. The lowest BCUT2D eigenvalue weighted by molar-refractivity contribution is -0.137. The number of fused-ring (bicyclic) bond motifs is 1. The predicted octanol–water partition coefficient (Wildman–Crippen LogP) is 4.23. The van der Waals surface area contributed by atoms with E-state index < -0.39 is 17.7 Å². The van der Waals surface area contributed by atoms with Crippen molar-refractivity contribution in [2.45, 2.75) is 39.2 Å². The number of rotatable bonds is 5. The van der Waals surface area contributed by atoms with E-state index in [4.69, 9.17) is 0 Å². The SMILES string of the molecule is CC(Cc1cccc(C(F)(F)F)c1)C(=O)NCc1ccc2c(c1)CNC2.Cl. The summed E-state index contributed by atoms with van der Waals surface area (Å²) in [4.78, 5) is 12.3. The molecule has 3 nitrogen and oxygen atoms in total. The molecule has 1 aliphatic rings. The summed E-state index contributed by atoms with van der Waals surface area (Å²) in [5.74, 6) is -0.574. The van der Waals surface area contributed by atoms with Crippen LogP contribution in [0.3, 0.4) is 0 Å². The Kier molecular flexibility index (Phi) is 6.89. The van der Waals surface area contributed by atoms with Crippen molar-refractivity contribution in [3.8, 4) is 0 Å². The lowest BCUT2D eigenvalue weighted by Gasteiger charge is -2.14. The third-order valence-corrected chi connectivity index (χ3v) is 4.61. The summed E-state index contributed by atoms with van der Waals surface area (Å²) >= 11 is 0. The molecule has 0 spiro atoms. The largest absolute Gasteiger partial charge is 0.416 e. The van der Waals surface area contributed by atoms with Gasteiger partial charge in [0.15, 0.2) is 0 Å². The Morgan fingerprint density at radius 2 is 1.85 bits per heavy atom. The average Bonchev–Trinajstić information content (AvgIpc) is 3.06. The summed E-state index contributed by atoms with van der Waals surface area (Å²) in [6.07, 6.45) is -4.10. The van der Waals surface area contributed by atoms with Crippen LogP contribution >= 0.6 is 12.4 Å². The first-order chi connectivity index (χ1) is 12.3. The summed E-state index contributed by atoms with van der Waals surface area (Å²) in [6, 6.07) is 11.3. The topological polar surface area (TPSA) is 41.1 Å². The van der Waals surface area contributed by atoms with Crippen molar-refractivity contribution in [3.05, 3.63) is 70.3 Å². The third-order valence-electron chi connectivity index (χ3n) is 4.61. The minimum absolute atomic E-state index is 0. The van der Waals surface area contributed by atoms with Crippen molar-refractivity contribution in [1.82, 2.24) is 10.6 Å². The number of nitrogens with one attached hydrogen (secondary N) is 2. The number of hydrogen-bond acceptors (Lipinski definition) is 2. The van der Waals surface area contributed by atoms with Crippen LogP contribution in [-0.4, -0.2) is 5.91 Å². The fraction of sp³-hybridized carbons (Fsp3) is 0.350. The highest BCUT2D eigenvalue weighted by Crippen LogP contribution is 2.30. The Hall–Kier alpha value is -2.05. The van der Waals surface area contributed by atoms with Crippen LogP contribution in [-0.2, 0) is 37.0 Å². The predicted molar refractivity (Wildman–Crippen MR) is 100 cm³/mol. The van der Waals surface area contributed by atoms with Gasteiger partial charge in [0.25, 0.3) is 0 Å². The molecular weight excluding hydrogens is 377 g/mol. The van der Waals surface area contributed by atoms with Crippen molar-refractivity contribution in [3.63, 3.8) is 0 Å². The van der Waals surface area contributed by atoms with E-state index in [1.807, 2.05) is 6.07 Å². The van der Waals surface area contributed by atoms with Crippen LogP contribution in [0.2, 0.25) is 0 Å². The smallest absolute Gasteiger partial charge is 0.352 e. The molecule has 146 valence electrons. The Morgan fingerprint density at radius 3 is 2.59 bits per heavy atom. The molecule has 0 bridgehead atoms. The van der Waals surface area contributed by atoms with Crippen LogP contribution in [0.1, 0.15) is 34.7 Å². The number of amides is 1. The Bertz CT molecular complexity index is 808. The van der Waals surface area contributed by atoms with Crippen molar-refractivity contribution in [2.24, 2.45) is 5.92 Å². The molecule has 1 unspecified atom stereocenters. The van der Waals surface area contributed by atoms with Gasteiger partial charge in [0, 0.05) is 25.6 Å². The van der Waals surface area contributed by atoms with Crippen LogP contribution in [0.25, 0.3) is 0 Å². The van der Waals surface area contributed by atoms with Crippen LogP contribution in [0, 0.1) is 5.92 Å². The zero-order chi connectivity index (χ0) is 18.7. The number of hydrogen-bond donors (Lipinski definition) is 2. The molecule has 1 aliphatic heterocycles. The molecule has 0 aliphatic carbocycles. The highest BCUT2D eigenvalue weighted by atomic mass is 35.5. The van der Waals surface area contributed by atoms with Gasteiger partial charge in [-0.1, -0.05) is 43.3 Å². The minimum Gasteiger partial charge on any atom is -0.352 e. The fourth-order valence-electron chi connectivity index (χ4n) is 3.14. The van der Waals surface area contributed by atoms with E-state index in [0.29, 0.717) is 12.1 Å². The van der Waals surface area contributed by atoms with E-state index >= 15 is 0 Å². The summed E-state index contributed by atoms with van der Waals surface area (Å²) in [5.41, 5.74) is 3.36. The van der Waals surface area contributed by atoms with E-state index in [0.717, 1.165) is 30.8 Å². The van der Waals surface area contributed by atoms with E-state index in [1.54, 1.807) is 13.0 Å². The van der Waals surface area contributed by atoms with Gasteiger partial charge in [-0.3, -0.25) is 4.79 Å². The molecule has 1 atom stereocenters. The molecule has 1 heterocycles.